The number of carbonyl (C=O) groups is 2. The Labute approximate surface area is 101 Å². The van der Waals surface area contributed by atoms with Crippen LogP contribution < -0.4 is 10.9 Å². The first-order valence-electron chi connectivity index (χ1n) is 4.70. The molecule has 0 aromatic heterocycles. The number of nitro groups is 1. The van der Waals surface area contributed by atoms with Crippen LogP contribution in [0.1, 0.15) is 0 Å². The summed E-state index contributed by atoms with van der Waals surface area (Å²) in [6.07, 6.45) is 1.48. The first kappa shape index (κ1) is 13.2. The van der Waals surface area contributed by atoms with E-state index in [9.17, 15) is 19.7 Å². The van der Waals surface area contributed by atoms with Crippen molar-refractivity contribution in [3.05, 3.63) is 46.5 Å². The molecule has 94 valence electrons. The fourth-order valence-corrected chi connectivity index (χ4v) is 1.02. The summed E-state index contributed by atoms with van der Waals surface area (Å²) in [7, 11) is 0. The number of carbonyl (C=O) groups excluding carboxylic acids is 1. The normalized spacial score (nSPS) is 10.0. The van der Waals surface area contributed by atoms with Crippen LogP contribution in [-0.4, -0.2) is 21.9 Å². The topological polar surface area (TPSA) is 122 Å². The summed E-state index contributed by atoms with van der Waals surface area (Å²) in [6.45, 7) is 0. The van der Waals surface area contributed by atoms with E-state index in [1.807, 2.05) is 0 Å². The molecule has 8 heteroatoms. The van der Waals surface area contributed by atoms with Gasteiger partial charge in [-0.05, 0) is 6.07 Å². The average Bonchev–Trinajstić information content (AvgIpc) is 2.34. The van der Waals surface area contributed by atoms with Crippen LogP contribution in [0.5, 0.6) is 0 Å². The minimum Gasteiger partial charge on any atom is -0.478 e. The van der Waals surface area contributed by atoms with Gasteiger partial charge in [-0.1, -0.05) is 6.07 Å². The third kappa shape index (κ3) is 4.31. The fourth-order valence-electron chi connectivity index (χ4n) is 1.02. The molecule has 0 unspecified atom stereocenters. The average molecular weight is 251 g/mol. The van der Waals surface area contributed by atoms with Gasteiger partial charge in [0.15, 0.2) is 0 Å². The lowest BCUT2D eigenvalue weighted by Crippen LogP contribution is -2.27. The van der Waals surface area contributed by atoms with Crippen molar-refractivity contribution < 1.29 is 19.6 Å². The molecular formula is C10H9N3O5. The van der Waals surface area contributed by atoms with Crippen LogP contribution in [0.15, 0.2) is 36.4 Å². The van der Waals surface area contributed by atoms with Gasteiger partial charge in [-0.25, -0.2) is 4.79 Å². The molecule has 18 heavy (non-hydrogen) atoms. The van der Waals surface area contributed by atoms with Crippen molar-refractivity contribution in [1.82, 2.24) is 5.43 Å². The van der Waals surface area contributed by atoms with Gasteiger partial charge in [-0.3, -0.25) is 25.8 Å². The van der Waals surface area contributed by atoms with E-state index in [2.05, 4.69) is 10.9 Å². The monoisotopic (exact) mass is 251 g/mol. The predicted octanol–water partition coefficient (Wildman–Crippen LogP) is 0.679. The Balaban J connectivity index is 2.58. The van der Waals surface area contributed by atoms with Crippen molar-refractivity contribution in [3.63, 3.8) is 0 Å². The summed E-state index contributed by atoms with van der Waals surface area (Å²) in [5.41, 5.74) is 4.75. The highest BCUT2D eigenvalue weighted by Crippen LogP contribution is 2.15. The second-order valence-electron chi connectivity index (χ2n) is 3.09. The minimum atomic E-state index is -1.25. The van der Waals surface area contributed by atoms with Gasteiger partial charge >= 0.3 is 5.97 Å². The molecule has 0 radical (unpaired) electrons. The van der Waals surface area contributed by atoms with Crippen molar-refractivity contribution in [2.24, 2.45) is 0 Å². The molecule has 1 amide bonds. The number of nitrogens with zero attached hydrogens (tertiary/aromatic N) is 1. The van der Waals surface area contributed by atoms with Crippen molar-refractivity contribution in [2.45, 2.75) is 0 Å². The Kier molecular flexibility index (Phi) is 4.38. The third-order valence-corrected chi connectivity index (χ3v) is 1.76. The van der Waals surface area contributed by atoms with Crippen LogP contribution in [0.2, 0.25) is 0 Å². The quantitative estimate of drug-likeness (QED) is 0.402. The number of carboxylic acids is 1. The molecule has 0 aliphatic carbocycles. The highest BCUT2D eigenvalue weighted by atomic mass is 16.6. The van der Waals surface area contributed by atoms with Crippen LogP contribution >= 0.6 is 0 Å². The number of non-ortho nitro benzene ring substituents is 1. The number of hydrazine groups is 1. The molecule has 0 atom stereocenters. The van der Waals surface area contributed by atoms with Crippen LogP contribution in [0.25, 0.3) is 0 Å². The van der Waals surface area contributed by atoms with Gasteiger partial charge in [0.05, 0.1) is 10.6 Å². The van der Waals surface area contributed by atoms with E-state index >= 15 is 0 Å². The minimum absolute atomic E-state index is 0.129. The van der Waals surface area contributed by atoms with Gasteiger partial charge in [-0.15, -0.1) is 0 Å². The zero-order chi connectivity index (χ0) is 13.5. The fraction of sp³-hybridized carbons (Fsp3) is 0. The van der Waals surface area contributed by atoms with E-state index in [1.54, 1.807) is 0 Å². The summed E-state index contributed by atoms with van der Waals surface area (Å²) in [5, 5.41) is 18.8. The zero-order valence-corrected chi connectivity index (χ0v) is 8.99. The standard InChI is InChI=1S/C10H9N3O5/c14-9(4-5-10(15)16)12-11-7-2-1-3-8(6-7)13(17)18/h1-6,11H,(H,12,14)(H,15,16)/b5-4-. The first-order valence-corrected chi connectivity index (χ1v) is 4.70. The molecule has 8 nitrogen and oxygen atoms in total. The van der Waals surface area contributed by atoms with E-state index in [0.717, 1.165) is 6.08 Å². The van der Waals surface area contributed by atoms with Crippen LogP contribution in [-0.2, 0) is 9.59 Å². The maximum Gasteiger partial charge on any atom is 0.328 e. The number of carboxylic acid groups (broad SMARTS) is 1. The zero-order valence-electron chi connectivity index (χ0n) is 8.99. The third-order valence-electron chi connectivity index (χ3n) is 1.76. The summed E-state index contributed by atoms with van der Waals surface area (Å²) >= 11 is 0. The number of aliphatic carboxylic acids is 1. The van der Waals surface area contributed by atoms with Crippen LogP contribution in [0.4, 0.5) is 11.4 Å². The van der Waals surface area contributed by atoms with Crippen molar-refractivity contribution >= 4 is 23.3 Å². The van der Waals surface area contributed by atoms with Crippen molar-refractivity contribution in [3.8, 4) is 0 Å². The summed E-state index contributed by atoms with van der Waals surface area (Å²) < 4.78 is 0. The number of hydrogen-bond donors (Lipinski definition) is 3. The van der Waals surface area contributed by atoms with E-state index in [1.165, 1.54) is 24.3 Å². The van der Waals surface area contributed by atoms with Gasteiger partial charge in [0.1, 0.15) is 0 Å². The van der Waals surface area contributed by atoms with Crippen molar-refractivity contribution in [2.75, 3.05) is 5.43 Å². The highest BCUT2D eigenvalue weighted by Gasteiger charge is 2.05. The molecule has 0 heterocycles. The summed E-state index contributed by atoms with van der Waals surface area (Å²) in [4.78, 5) is 31.1. The number of rotatable bonds is 5. The molecule has 0 saturated carbocycles. The Hall–Kier alpha value is -2.90. The van der Waals surface area contributed by atoms with Gasteiger partial charge < -0.3 is 5.11 Å². The molecule has 0 aliphatic heterocycles. The smallest absolute Gasteiger partial charge is 0.328 e. The molecule has 0 fully saturated rings. The Morgan fingerprint density at radius 2 is 2.06 bits per heavy atom. The maximum atomic E-state index is 11.1. The SMILES string of the molecule is O=C(O)/C=C\C(=O)NNc1cccc([N+](=O)[O-])c1. The van der Waals surface area contributed by atoms with Crippen LogP contribution in [0, 0.1) is 10.1 Å². The van der Waals surface area contributed by atoms with Crippen molar-refractivity contribution in [1.29, 1.82) is 0 Å². The number of benzene rings is 1. The first-order chi connectivity index (χ1) is 8.49. The number of hydrogen-bond acceptors (Lipinski definition) is 5. The Morgan fingerprint density at radius 3 is 2.67 bits per heavy atom. The van der Waals surface area contributed by atoms with E-state index in [4.69, 9.17) is 5.11 Å². The van der Waals surface area contributed by atoms with Gasteiger partial charge in [0.25, 0.3) is 11.6 Å². The lowest BCUT2D eigenvalue weighted by Gasteiger charge is -2.05. The molecule has 0 saturated heterocycles. The number of nitro benzene ring substituents is 1. The molecule has 3 N–H and O–H groups in total. The summed E-state index contributed by atoms with van der Waals surface area (Å²) in [6, 6.07) is 5.48. The Bertz CT molecular complexity index is 512. The second kappa shape index (κ2) is 5.99. The number of nitrogens with one attached hydrogen (secondary N) is 2. The van der Waals surface area contributed by atoms with Crippen LogP contribution in [0.3, 0.4) is 0 Å². The lowest BCUT2D eigenvalue weighted by atomic mass is 10.3. The van der Waals surface area contributed by atoms with E-state index < -0.39 is 16.8 Å². The molecule has 0 spiro atoms. The van der Waals surface area contributed by atoms with Gasteiger partial charge in [-0.2, -0.15) is 0 Å². The molecule has 1 rings (SSSR count). The Morgan fingerprint density at radius 1 is 1.33 bits per heavy atom. The predicted molar refractivity (Wildman–Crippen MR) is 61.6 cm³/mol. The molecule has 0 aliphatic rings. The number of amides is 1. The van der Waals surface area contributed by atoms with E-state index in [-0.39, 0.29) is 5.69 Å². The van der Waals surface area contributed by atoms with Gasteiger partial charge in [0.2, 0.25) is 0 Å². The largest absolute Gasteiger partial charge is 0.478 e. The molecule has 1 aromatic rings. The van der Waals surface area contributed by atoms with E-state index in [0.29, 0.717) is 11.8 Å². The lowest BCUT2D eigenvalue weighted by molar-refractivity contribution is -0.384. The molecule has 0 bridgehead atoms. The molecule has 1 aromatic carbocycles. The summed E-state index contributed by atoms with van der Waals surface area (Å²) in [5.74, 6) is -1.94. The second-order valence-corrected chi connectivity index (χ2v) is 3.09. The maximum absolute atomic E-state index is 11.1. The highest BCUT2D eigenvalue weighted by molar-refractivity contribution is 5.94. The van der Waals surface area contributed by atoms with Gasteiger partial charge in [0, 0.05) is 24.3 Å². The molecular weight excluding hydrogens is 242 g/mol. The number of anilines is 1.